The van der Waals surface area contributed by atoms with Crippen LogP contribution in [0.15, 0.2) is 0 Å². The Morgan fingerprint density at radius 1 is 0.952 bits per heavy atom. The molecule has 0 unspecified atom stereocenters. The highest BCUT2D eigenvalue weighted by molar-refractivity contribution is 4.96. The maximum atomic E-state index is 13.1. The minimum Gasteiger partial charge on any atom is -0.308 e. The van der Waals surface area contributed by atoms with Crippen molar-refractivity contribution in [3.05, 3.63) is 0 Å². The van der Waals surface area contributed by atoms with Crippen LogP contribution in [0.4, 0.5) is 13.2 Å². The SMILES string of the molecule is CC(C)(C)N[C@H]1CC[C@H](C(F)(F)F)C[C@@H]1N1CCCCC1. The molecule has 1 saturated heterocycles. The molecule has 2 aliphatic rings. The van der Waals surface area contributed by atoms with Crippen LogP contribution in [-0.2, 0) is 0 Å². The Hall–Kier alpha value is -0.290. The number of nitrogens with zero attached hydrogens (tertiary/aromatic N) is 1. The van der Waals surface area contributed by atoms with E-state index in [0.717, 1.165) is 25.9 Å². The Labute approximate surface area is 126 Å². The van der Waals surface area contributed by atoms with Gasteiger partial charge in [0.05, 0.1) is 5.92 Å². The van der Waals surface area contributed by atoms with Crippen molar-refractivity contribution in [1.29, 1.82) is 0 Å². The number of likely N-dealkylation sites (tertiary alicyclic amines) is 1. The average Bonchev–Trinajstić information content (AvgIpc) is 2.37. The second-order valence-electron chi connectivity index (χ2n) is 7.72. The van der Waals surface area contributed by atoms with Crippen LogP contribution in [0.3, 0.4) is 0 Å². The molecular weight excluding hydrogens is 277 g/mol. The van der Waals surface area contributed by atoms with E-state index in [0.29, 0.717) is 6.42 Å². The van der Waals surface area contributed by atoms with E-state index in [1.807, 2.05) is 0 Å². The Bertz CT molecular complexity index is 329. The topological polar surface area (TPSA) is 15.3 Å². The van der Waals surface area contributed by atoms with Crippen molar-refractivity contribution in [2.75, 3.05) is 13.1 Å². The molecule has 3 atom stereocenters. The van der Waals surface area contributed by atoms with Gasteiger partial charge in [0, 0.05) is 17.6 Å². The van der Waals surface area contributed by atoms with Crippen LogP contribution in [0, 0.1) is 5.92 Å². The van der Waals surface area contributed by atoms with E-state index in [1.54, 1.807) is 0 Å². The zero-order valence-corrected chi connectivity index (χ0v) is 13.5. The fourth-order valence-corrected chi connectivity index (χ4v) is 3.82. The lowest BCUT2D eigenvalue weighted by atomic mass is 9.79. The molecule has 1 N–H and O–H groups in total. The lowest BCUT2D eigenvalue weighted by molar-refractivity contribution is -0.189. The second-order valence-corrected chi connectivity index (χ2v) is 7.72. The predicted octanol–water partition coefficient (Wildman–Crippen LogP) is 3.96. The fourth-order valence-electron chi connectivity index (χ4n) is 3.82. The van der Waals surface area contributed by atoms with Crippen LogP contribution >= 0.6 is 0 Å². The van der Waals surface area contributed by atoms with E-state index in [-0.39, 0.29) is 30.5 Å². The summed E-state index contributed by atoms with van der Waals surface area (Å²) in [7, 11) is 0. The van der Waals surface area contributed by atoms with E-state index >= 15 is 0 Å². The minimum atomic E-state index is -4.04. The van der Waals surface area contributed by atoms with Crippen LogP contribution < -0.4 is 5.32 Å². The van der Waals surface area contributed by atoms with Crippen molar-refractivity contribution in [2.24, 2.45) is 5.92 Å². The lowest BCUT2D eigenvalue weighted by Crippen LogP contribution is -2.59. The summed E-state index contributed by atoms with van der Waals surface area (Å²) in [5, 5.41) is 3.57. The van der Waals surface area contributed by atoms with Crippen molar-refractivity contribution in [2.45, 2.75) is 83.1 Å². The van der Waals surface area contributed by atoms with Gasteiger partial charge in [0.25, 0.3) is 0 Å². The van der Waals surface area contributed by atoms with Crippen LogP contribution in [0.2, 0.25) is 0 Å². The maximum absolute atomic E-state index is 13.1. The molecule has 2 nitrogen and oxygen atoms in total. The van der Waals surface area contributed by atoms with Gasteiger partial charge in [0.2, 0.25) is 0 Å². The number of piperidine rings is 1. The van der Waals surface area contributed by atoms with Crippen molar-refractivity contribution >= 4 is 0 Å². The van der Waals surface area contributed by atoms with Crippen molar-refractivity contribution in [3.8, 4) is 0 Å². The van der Waals surface area contributed by atoms with Crippen LogP contribution in [0.5, 0.6) is 0 Å². The molecule has 5 heteroatoms. The molecule has 2 fully saturated rings. The van der Waals surface area contributed by atoms with Gasteiger partial charge in [0.1, 0.15) is 0 Å². The number of hydrogen-bond acceptors (Lipinski definition) is 2. The molecule has 2 rings (SSSR count). The molecule has 1 saturated carbocycles. The van der Waals surface area contributed by atoms with Gasteiger partial charge >= 0.3 is 6.18 Å². The Morgan fingerprint density at radius 2 is 1.57 bits per heavy atom. The van der Waals surface area contributed by atoms with Gasteiger partial charge in [-0.1, -0.05) is 6.42 Å². The number of halogens is 3. The number of hydrogen-bond donors (Lipinski definition) is 1. The molecular formula is C16H29F3N2. The summed E-state index contributed by atoms with van der Waals surface area (Å²) in [4.78, 5) is 2.31. The first-order chi connectivity index (χ1) is 9.67. The Balaban J connectivity index is 2.09. The van der Waals surface area contributed by atoms with Crippen LogP contribution in [0.1, 0.15) is 59.3 Å². The molecule has 1 aliphatic heterocycles. The largest absolute Gasteiger partial charge is 0.391 e. The molecule has 1 aliphatic carbocycles. The molecule has 0 aromatic heterocycles. The molecule has 0 amide bonds. The highest BCUT2D eigenvalue weighted by atomic mass is 19.4. The second kappa shape index (κ2) is 6.45. The number of alkyl halides is 3. The predicted molar refractivity (Wildman–Crippen MR) is 79.3 cm³/mol. The molecule has 0 aromatic carbocycles. The summed E-state index contributed by atoms with van der Waals surface area (Å²) >= 11 is 0. The van der Waals surface area contributed by atoms with Gasteiger partial charge in [-0.2, -0.15) is 13.2 Å². The van der Waals surface area contributed by atoms with Gasteiger partial charge in [0.15, 0.2) is 0 Å². The lowest BCUT2D eigenvalue weighted by Gasteiger charge is -2.46. The number of rotatable bonds is 2. The molecule has 0 spiro atoms. The first-order valence-electron chi connectivity index (χ1n) is 8.25. The van der Waals surface area contributed by atoms with E-state index in [4.69, 9.17) is 0 Å². The van der Waals surface area contributed by atoms with Gasteiger partial charge in [-0.15, -0.1) is 0 Å². The molecule has 21 heavy (non-hydrogen) atoms. The standard InChI is InChI=1S/C16H29F3N2/c1-15(2,3)20-13-8-7-12(16(17,18)19)11-14(13)21-9-5-4-6-10-21/h12-14,20H,4-11H2,1-3H3/t12-,13-,14-/m0/s1. The molecule has 0 aromatic rings. The monoisotopic (exact) mass is 306 g/mol. The van der Waals surface area contributed by atoms with E-state index < -0.39 is 12.1 Å². The van der Waals surface area contributed by atoms with Crippen molar-refractivity contribution < 1.29 is 13.2 Å². The first-order valence-corrected chi connectivity index (χ1v) is 8.25. The molecule has 1 heterocycles. The fraction of sp³-hybridized carbons (Fsp3) is 1.00. The normalized spacial score (nSPS) is 33.1. The summed E-state index contributed by atoms with van der Waals surface area (Å²) in [6.07, 6.45) is 0.566. The molecule has 0 radical (unpaired) electrons. The van der Waals surface area contributed by atoms with Gasteiger partial charge in [-0.3, -0.25) is 4.90 Å². The Morgan fingerprint density at radius 3 is 2.10 bits per heavy atom. The Kier molecular flexibility index (Phi) is 5.24. The van der Waals surface area contributed by atoms with Gasteiger partial charge in [-0.05, 0) is 66.0 Å². The average molecular weight is 306 g/mol. The third-order valence-electron chi connectivity index (χ3n) is 4.76. The zero-order chi connectivity index (χ0) is 15.7. The van der Waals surface area contributed by atoms with E-state index in [1.165, 1.54) is 6.42 Å². The number of nitrogens with one attached hydrogen (secondary N) is 1. The third kappa shape index (κ3) is 4.85. The quantitative estimate of drug-likeness (QED) is 0.831. The van der Waals surface area contributed by atoms with Gasteiger partial charge in [-0.25, -0.2) is 0 Å². The van der Waals surface area contributed by atoms with Crippen LogP contribution in [0.25, 0.3) is 0 Å². The summed E-state index contributed by atoms with van der Waals surface area (Å²) < 4.78 is 39.3. The smallest absolute Gasteiger partial charge is 0.308 e. The third-order valence-corrected chi connectivity index (χ3v) is 4.76. The zero-order valence-electron chi connectivity index (χ0n) is 13.5. The highest BCUT2D eigenvalue weighted by Crippen LogP contribution is 2.40. The molecule has 124 valence electrons. The first kappa shape index (κ1) is 17.1. The highest BCUT2D eigenvalue weighted by Gasteiger charge is 2.46. The summed E-state index contributed by atoms with van der Waals surface area (Å²) in [6, 6.07) is 0.214. The minimum absolute atomic E-state index is 0.0323. The van der Waals surface area contributed by atoms with Crippen molar-refractivity contribution in [3.63, 3.8) is 0 Å². The van der Waals surface area contributed by atoms with E-state index in [2.05, 4.69) is 31.0 Å². The summed E-state index contributed by atoms with van der Waals surface area (Å²) in [5.74, 6) is -1.12. The summed E-state index contributed by atoms with van der Waals surface area (Å²) in [5.41, 5.74) is -0.0518. The summed E-state index contributed by atoms with van der Waals surface area (Å²) in [6.45, 7) is 8.19. The van der Waals surface area contributed by atoms with Crippen LogP contribution in [-0.4, -0.2) is 41.8 Å². The van der Waals surface area contributed by atoms with E-state index in [9.17, 15) is 13.2 Å². The van der Waals surface area contributed by atoms with Crippen molar-refractivity contribution in [1.82, 2.24) is 10.2 Å². The maximum Gasteiger partial charge on any atom is 0.391 e. The molecule has 0 bridgehead atoms. The van der Waals surface area contributed by atoms with Gasteiger partial charge < -0.3 is 5.32 Å².